The summed E-state index contributed by atoms with van der Waals surface area (Å²) < 4.78 is 7.56. The molecule has 2 heterocycles. The number of aromatic nitrogens is 3. The molecule has 0 spiro atoms. The number of carbonyl (C=O) groups excluding carboxylic acids is 1. The number of fused-ring (bicyclic) bond motifs is 3. The van der Waals surface area contributed by atoms with Crippen molar-refractivity contribution in [3.05, 3.63) is 40.8 Å². The molecule has 0 aliphatic carbocycles. The summed E-state index contributed by atoms with van der Waals surface area (Å²) in [4.78, 5) is 15.7. The van der Waals surface area contributed by atoms with Crippen LogP contribution in [0.3, 0.4) is 0 Å². The van der Waals surface area contributed by atoms with Crippen molar-refractivity contribution in [2.24, 2.45) is 0 Å². The van der Waals surface area contributed by atoms with Gasteiger partial charge in [0.1, 0.15) is 6.33 Å². The van der Waals surface area contributed by atoms with Crippen molar-refractivity contribution in [2.45, 2.75) is 6.92 Å². The van der Waals surface area contributed by atoms with E-state index in [1.54, 1.807) is 17.5 Å². The number of carbonyl (C=O) groups is 1. The monoisotopic (exact) mass is 319 g/mol. The molecule has 0 unspecified atom stereocenters. The molecular weight excluding hydrogens is 310 g/mol. The smallest absolute Gasteiger partial charge is 0.357 e. The molecule has 0 saturated heterocycles. The molecule has 3 aromatic rings. The number of hydrogen-bond donors (Lipinski definition) is 0. The Morgan fingerprint density at radius 2 is 2.26 bits per heavy atom. The Kier molecular flexibility index (Phi) is 2.94. The highest BCUT2D eigenvalue weighted by Crippen LogP contribution is 2.23. The van der Waals surface area contributed by atoms with Gasteiger partial charge in [0.05, 0.1) is 17.6 Å². The Bertz CT molecular complexity index is 782. The van der Waals surface area contributed by atoms with E-state index in [-0.39, 0.29) is 0 Å². The maximum atomic E-state index is 11.7. The molecule has 0 radical (unpaired) electrons. The Labute approximate surface area is 117 Å². The molecule has 1 aromatic carbocycles. The van der Waals surface area contributed by atoms with Crippen LogP contribution < -0.4 is 0 Å². The average molecular weight is 320 g/mol. The topological polar surface area (TPSA) is 56.5 Å². The molecule has 0 N–H and O–H groups in total. The van der Waals surface area contributed by atoms with Gasteiger partial charge in [-0.15, -0.1) is 0 Å². The van der Waals surface area contributed by atoms with E-state index in [9.17, 15) is 4.79 Å². The largest absolute Gasteiger partial charge is 0.461 e. The van der Waals surface area contributed by atoms with Crippen LogP contribution in [0.2, 0.25) is 0 Å². The summed E-state index contributed by atoms with van der Waals surface area (Å²) in [5, 5.41) is 5.36. The Morgan fingerprint density at radius 1 is 1.42 bits per heavy atom. The molecule has 19 heavy (non-hydrogen) atoms. The van der Waals surface area contributed by atoms with E-state index in [0.29, 0.717) is 12.3 Å². The average Bonchev–Trinajstić information content (AvgIpc) is 2.75. The minimum atomic E-state index is -0.420. The molecule has 0 bridgehead atoms. The summed E-state index contributed by atoms with van der Waals surface area (Å²) in [5.74, 6) is -0.420. The summed E-state index contributed by atoms with van der Waals surface area (Å²) in [7, 11) is 0. The number of nitrogens with zero attached hydrogens (tertiary/aromatic N) is 3. The molecule has 0 saturated carbocycles. The van der Waals surface area contributed by atoms with E-state index in [1.165, 1.54) is 6.33 Å². The highest BCUT2D eigenvalue weighted by atomic mass is 79.9. The van der Waals surface area contributed by atoms with E-state index < -0.39 is 5.97 Å². The van der Waals surface area contributed by atoms with Gasteiger partial charge in [-0.05, 0) is 31.2 Å². The number of ether oxygens (including phenoxy) is 1. The van der Waals surface area contributed by atoms with Crippen LogP contribution in [0.1, 0.15) is 17.4 Å². The number of halogens is 1. The van der Waals surface area contributed by atoms with Crippen LogP contribution in [0.15, 0.2) is 35.1 Å². The number of hydrogen-bond acceptors (Lipinski definition) is 4. The van der Waals surface area contributed by atoms with E-state index in [4.69, 9.17) is 4.74 Å². The van der Waals surface area contributed by atoms with Gasteiger partial charge >= 0.3 is 5.97 Å². The lowest BCUT2D eigenvalue weighted by atomic mass is 10.2. The van der Waals surface area contributed by atoms with Crippen molar-refractivity contribution in [2.75, 3.05) is 6.61 Å². The molecule has 0 aliphatic heterocycles. The van der Waals surface area contributed by atoms with Crippen molar-refractivity contribution >= 4 is 38.3 Å². The van der Waals surface area contributed by atoms with E-state index in [2.05, 4.69) is 26.0 Å². The van der Waals surface area contributed by atoms with E-state index in [0.717, 1.165) is 20.9 Å². The highest BCUT2D eigenvalue weighted by Gasteiger charge is 2.12. The van der Waals surface area contributed by atoms with Crippen LogP contribution in [0, 0.1) is 0 Å². The molecule has 0 aliphatic rings. The minimum absolute atomic E-state index is 0.291. The van der Waals surface area contributed by atoms with Gasteiger partial charge in [-0.3, -0.25) is 0 Å². The predicted octanol–water partition coefficient (Wildman–Crippen LogP) is 2.82. The summed E-state index contributed by atoms with van der Waals surface area (Å²) in [6.45, 7) is 2.10. The second-order valence-electron chi connectivity index (χ2n) is 3.99. The first-order valence-corrected chi connectivity index (χ1v) is 6.59. The number of esters is 1. The summed E-state index contributed by atoms with van der Waals surface area (Å²) in [6, 6.07) is 7.51. The maximum Gasteiger partial charge on any atom is 0.357 e. The van der Waals surface area contributed by atoms with E-state index >= 15 is 0 Å². The van der Waals surface area contributed by atoms with Crippen LogP contribution in [0.4, 0.5) is 0 Å². The maximum absolute atomic E-state index is 11.7. The lowest BCUT2D eigenvalue weighted by molar-refractivity contribution is 0.0519. The standard InChI is InChI=1S/C13H10BrN3O2/c1-2-19-13(18)11-6-12-9-4-3-8(14)5-10(9)16-17(12)7-15-11/h3-7H,2H2,1H3. The van der Waals surface area contributed by atoms with Crippen molar-refractivity contribution in [3.63, 3.8) is 0 Å². The van der Waals surface area contributed by atoms with E-state index in [1.807, 2.05) is 18.2 Å². The minimum Gasteiger partial charge on any atom is -0.461 e. The fourth-order valence-electron chi connectivity index (χ4n) is 1.93. The van der Waals surface area contributed by atoms with Crippen LogP contribution >= 0.6 is 15.9 Å². The van der Waals surface area contributed by atoms with Crippen molar-refractivity contribution in [3.8, 4) is 0 Å². The third-order valence-electron chi connectivity index (χ3n) is 2.76. The lowest BCUT2D eigenvalue weighted by Crippen LogP contribution is -2.07. The van der Waals surface area contributed by atoms with Crippen LogP contribution in [-0.4, -0.2) is 27.2 Å². The summed E-state index contributed by atoms with van der Waals surface area (Å²) >= 11 is 3.41. The fraction of sp³-hybridized carbons (Fsp3) is 0.154. The third-order valence-corrected chi connectivity index (χ3v) is 3.26. The van der Waals surface area contributed by atoms with Gasteiger partial charge in [0, 0.05) is 9.86 Å². The van der Waals surface area contributed by atoms with Crippen molar-refractivity contribution in [1.29, 1.82) is 0 Å². The third kappa shape index (κ3) is 2.08. The number of rotatable bonds is 2. The molecule has 6 heteroatoms. The number of benzene rings is 1. The zero-order valence-electron chi connectivity index (χ0n) is 10.1. The Balaban J connectivity index is 2.21. The molecule has 0 amide bonds. The molecular formula is C13H10BrN3O2. The van der Waals surface area contributed by atoms with Crippen molar-refractivity contribution in [1.82, 2.24) is 14.6 Å². The fourth-order valence-corrected chi connectivity index (χ4v) is 2.28. The molecule has 96 valence electrons. The summed E-state index contributed by atoms with van der Waals surface area (Å²) in [5.41, 5.74) is 1.97. The van der Waals surface area contributed by atoms with Gasteiger partial charge in [0.25, 0.3) is 0 Å². The summed E-state index contributed by atoms with van der Waals surface area (Å²) in [6.07, 6.45) is 1.52. The lowest BCUT2D eigenvalue weighted by Gasteiger charge is -2.00. The first-order valence-electron chi connectivity index (χ1n) is 5.80. The first kappa shape index (κ1) is 12.1. The van der Waals surface area contributed by atoms with Gasteiger partial charge < -0.3 is 4.74 Å². The zero-order valence-corrected chi connectivity index (χ0v) is 11.7. The van der Waals surface area contributed by atoms with Gasteiger partial charge in [-0.25, -0.2) is 14.3 Å². The second kappa shape index (κ2) is 4.62. The van der Waals surface area contributed by atoms with Crippen LogP contribution in [0.5, 0.6) is 0 Å². The highest BCUT2D eigenvalue weighted by molar-refractivity contribution is 9.10. The van der Waals surface area contributed by atoms with Crippen LogP contribution in [-0.2, 0) is 4.74 Å². The molecule has 0 atom stereocenters. The van der Waals surface area contributed by atoms with Crippen LogP contribution in [0.25, 0.3) is 16.4 Å². The first-order chi connectivity index (χ1) is 9.19. The van der Waals surface area contributed by atoms with Crippen molar-refractivity contribution < 1.29 is 9.53 Å². The molecule has 0 fully saturated rings. The molecule has 5 nitrogen and oxygen atoms in total. The van der Waals surface area contributed by atoms with Gasteiger partial charge in [0.15, 0.2) is 5.69 Å². The second-order valence-corrected chi connectivity index (χ2v) is 4.90. The Morgan fingerprint density at radius 3 is 3.05 bits per heavy atom. The molecule has 2 aromatic heterocycles. The van der Waals surface area contributed by atoms with Gasteiger partial charge in [-0.1, -0.05) is 15.9 Å². The zero-order chi connectivity index (χ0) is 13.4. The normalized spacial score (nSPS) is 11.1. The SMILES string of the molecule is CCOC(=O)c1cc2c3ccc(Br)cc3nn2cn1. The van der Waals surface area contributed by atoms with Gasteiger partial charge in [0.2, 0.25) is 0 Å². The quantitative estimate of drug-likeness (QED) is 0.681. The predicted molar refractivity (Wildman–Crippen MR) is 74.1 cm³/mol. The Hall–Kier alpha value is -1.95. The van der Waals surface area contributed by atoms with Gasteiger partial charge in [-0.2, -0.15) is 5.10 Å². The molecule has 3 rings (SSSR count).